The van der Waals surface area contributed by atoms with Gasteiger partial charge < -0.3 is 4.90 Å². The number of hydrogen-bond acceptors (Lipinski definition) is 2. The van der Waals surface area contributed by atoms with Crippen molar-refractivity contribution in [3.8, 4) is 66.8 Å². The molecule has 0 saturated carbocycles. The summed E-state index contributed by atoms with van der Waals surface area (Å²) in [6.45, 7) is 0. The van der Waals surface area contributed by atoms with E-state index in [0.29, 0.717) is 0 Å². The van der Waals surface area contributed by atoms with Crippen molar-refractivity contribution < 1.29 is 0 Å². The standard InChI is InChI=1S/C67H43NS/c1-3-17-44(18-4-1)46-33-36-49(37-34-46)68(50-22-15-21-47(41-50)45-19-5-2-6-20-45)51-38-39-52(57-27-16-28-58-56-26-10-14-32-65(56)69-66(57)58)59(43-51)48-35-40-64-60(42-48)55-25-9-13-31-63(55)67(64)61-29-11-7-23-53(61)54-24-8-12-30-62(54)67/h1-43H. The molecule has 2 aliphatic rings. The molecule has 0 saturated heterocycles. The van der Waals surface area contributed by atoms with Gasteiger partial charge >= 0.3 is 0 Å². The van der Waals surface area contributed by atoms with Gasteiger partial charge in [0.2, 0.25) is 0 Å². The number of hydrogen-bond donors (Lipinski definition) is 0. The normalized spacial score (nSPS) is 12.8. The van der Waals surface area contributed by atoms with Crippen LogP contribution in [0.15, 0.2) is 261 Å². The van der Waals surface area contributed by atoms with Gasteiger partial charge in [-0.15, -0.1) is 11.3 Å². The predicted molar refractivity (Wildman–Crippen MR) is 292 cm³/mol. The molecule has 0 N–H and O–H groups in total. The van der Waals surface area contributed by atoms with Gasteiger partial charge in [-0.1, -0.05) is 212 Å². The minimum atomic E-state index is -0.405. The Morgan fingerprint density at radius 3 is 1.46 bits per heavy atom. The highest BCUT2D eigenvalue weighted by atomic mass is 32.1. The van der Waals surface area contributed by atoms with Gasteiger partial charge in [-0.05, 0) is 132 Å². The number of nitrogens with zero attached hydrogens (tertiary/aromatic N) is 1. The van der Waals surface area contributed by atoms with E-state index >= 15 is 0 Å². The van der Waals surface area contributed by atoms with Crippen LogP contribution in [0.5, 0.6) is 0 Å². The smallest absolute Gasteiger partial charge is 0.0725 e. The van der Waals surface area contributed by atoms with Crippen LogP contribution in [-0.4, -0.2) is 0 Å². The molecule has 1 aromatic heterocycles. The molecule has 0 amide bonds. The molecule has 14 rings (SSSR count). The van der Waals surface area contributed by atoms with Crippen LogP contribution in [0.3, 0.4) is 0 Å². The number of fused-ring (bicyclic) bond motifs is 13. The molecule has 0 radical (unpaired) electrons. The van der Waals surface area contributed by atoms with E-state index in [-0.39, 0.29) is 0 Å². The maximum Gasteiger partial charge on any atom is 0.0725 e. The van der Waals surface area contributed by atoms with Crippen molar-refractivity contribution in [1.29, 1.82) is 0 Å². The molecule has 69 heavy (non-hydrogen) atoms. The maximum atomic E-state index is 2.50. The SMILES string of the molecule is c1ccc(-c2ccc(N(c3cccc(-c4ccccc4)c3)c3ccc(-c4cccc5c4sc4ccccc45)c(-c4ccc5c(c4)-c4ccccc4C54c5ccccc5-c5ccccc54)c3)cc2)cc1. The van der Waals surface area contributed by atoms with Crippen molar-refractivity contribution in [2.75, 3.05) is 4.90 Å². The highest BCUT2D eigenvalue weighted by Gasteiger charge is 2.51. The first kappa shape index (κ1) is 39.6. The summed E-state index contributed by atoms with van der Waals surface area (Å²) in [7, 11) is 0. The largest absolute Gasteiger partial charge is 0.310 e. The zero-order valence-corrected chi connectivity index (χ0v) is 38.5. The van der Waals surface area contributed by atoms with E-state index in [4.69, 9.17) is 0 Å². The van der Waals surface area contributed by atoms with Gasteiger partial charge in [0.25, 0.3) is 0 Å². The van der Waals surface area contributed by atoms with E-state index < -0.39 is 5.41 Å². The second-order valence-electron chi connectivity index (χ2n) is 18.3. The quantitative estimate of drug-likeness (QED) is 0.154. The highest BCUT2D eigenvalue weighted by molar-refractivity contribution is 7.26. The summed E-state index contributed by atoms with van der Waals surface area (Å²) in [5.74, 6) is 0. The molecule has 0 unspecified atom stereocenters. The second kappa shape index (κ2) is 15.8. The molecule has 2 heteroatoms. The predicted octanol–water partition coefficient (Wildman–Crippen LogP) is 18.5. The molecular weight excluding hydrogens is 851 g/mol. The minimum Gasteiger partial charge on any atom is -0.310 e. The van der Waals surface area contributed by atoms with E-state index in [1.165, 1.54) is 109 Å². The Morgan fingerprint density at radius 1 is 0.261 bits per heavy atom. The average molecular weight is 894 g/mol. The van der Waals surface area contributed by atoms with Gasteiger partial charge in [0.15, 0.2) is 0 Å². The topological polar surface area (TPSA) is 3.24 Å². The molecule has 0 fully saturated rings. The fraction of sp³-hybridized carbons (Fsp3) is 0.0149. The molecule has 0 atom stereocenters. The van der Waals surface area contributed by atoms with E-state index in [1.54, 1.807) is 0 Å². The molecule has 11 aromatic carbocycles. The van der Waals surface area contributed by atoms with Crippen LogP contribution in [0.4, 0.5) is 17.1 Å². The molecule has 322 valence electrons. The summed E-state index contributed by atoms with van der Waals surface area (Å²) in [4.78, 5) is 2.43. The highest BCUT2D eigenvalue weighted by Crippen LogP contribution is 2.63. The second-order valence-corrected chi connectivity index (χ2v) is 19.4. The van der Waals surface area contributed by atoms with Gasteiger partial charge in [-0.3, -0.25) is 0 Å². The van der Waals surface area contributed by atoms with Crippen LogP contribution in [0.25, 0.3) is 86.9 Å². The zero-order chi connectivity index (χ0) is 45.5. The number of benzene rings is 11. The van der Waals surface area contributed by atoms with Crippen LogP contribution >= 0.6 is 11.3 Å². The number of rotatable bonds is 7. The van der Waals surface area contributed by atoms with Crippen molar-refractivity contribution in [3.05, 3.63) is 283 Å². The Labute approximate surface area is 406 Å². The third-order valence-electron chi connectivity index (χ3n) is 14.7. The summed E-state index contributed by atoms with van der Waals surface area (Å²) in [6, 6.07) is 96.8. The molecule has 2 aliphatic carbocycles. The average Bonchev–Trinajstić information content (AvgIpc) is 4.06. The van der Waals surface area contributed by atoms with Gasteiger partial charge in [-0.25, -0.2) is 0 Å². The Hall–Kier alpha value is -8.56. The van der Waals surface area contributed by atoms with Gasteiger partial charge in [-0.2, -0.15) is 0 Å². The van der Waals surface area contributed by atoms with Crippen LogP contribution in [-0.2, 0) is 5.41 Å². The Balaban J connectivity index is 1.01. The first-order chi connectivity index (χ1) is 34.2. The van der Waals surface area contributed by atoms with E-state index in [1.807, 2.05) is 11.3 Å². The molecule has 0 aliphatic heterocycles. The van der Waals surface area contributed by atoms with E-state index in [2.05, 4.69) is 266 Å². The molecule has 12 aromatic rings. The van der Waals surface area contributed by atoms with Gasteiger partial charge in [0, 0.05) is 42.8 Å². The van der Waals surface area contributed by atoms with Crippen LogP contribution in [0.1, 0.15) is 22.3 Å². The molecular formula is C67H43NS. The van der Waals surface area contributed by atoms with Crippen LogP contribution < -0.4 is 4.90 Å². The Morgan fingerprint density at radius 2 is 0.754 bits per heavy atom. The molecule has 1 nitrogen and oxygen atoms in total. The van der Waals surface area contributed by atoms with Crippen molar-refractivity contribution in [1.82, 2.24) is 0 Å². The lowest BCUT2D eigenvalue weighted by molar-refractivity contribution is 0.794. The first-order valence-electron chi connectivity index (χ1n) is 23.8. The Bertz CT molecular complexity index is 3910. The molecule has 1 spiro atoms. The minimum absolute atomic E-state index is 0.405. The number of anilines is 3. The van der Waals surface area contributed by atoms with Crippen molar-refractivity contribution in [3.63, 3.8) is 0 Å². The summed E-state index contributed by atoms with van der Waals surface area (Å²) in [5, 5.41) is 2.60. The first-order valence-corrected chi connectivity index (χ1v) is 24.6. The lowest BCUT2D eigenvalue weighted by Gasteiger charge is -2.30. The third-order valence-corrected chi connectivity index (χ3v) is 15.9. The molecule has 1 heterocycles. The summed E-state index contributed by atoms with van der Waals surface area (Å²) < 4.78 is 2.61. The lowest BCUT2D eigenvalue weighted by Crippen LogP contribution is -2.25. The van der Waals surface area contributed by atoms with Crippen molar-refractivity contribution in [2.45, 2.75) is 5.41 Å². The zero-order valence-electron chi connectivity index (χ0n) is 37.7. The fourth-order valence-corrected chi connectivity index (χ4v) is 12.9. The van der Waals surface area contributed by atoms with Crippen LogP contribution in [0.2, 0.25) is 0 Å². The van der Waals surface area contributed by atoms with Gasteiger partial charge in [0.1, 0.15) is 0 Å². The summed E-state index contributed by atoms with van der Waals surface area (Å²) in [6.07, 6.45) is 0. The van der Waals surface area contributed by atoms with Gasteiger partial charge in [0.05, 0.1) is 5.41 Å². The monoisotopic (exact) mass is 893 g/mol. The van der Waals surface area contributed by atoms with Crippen LogP contribution in [0, 0.1) is 0 Å². The lowest BCUT2D eigenvalue weighted by atomic mass is 9.70. The molecule has 0 bridgehead atoms. The number of thiophene rings is 1. The maximum absolute atomic E-state index is 2.50. The fourth-order valence-electron chi connectivity index (χ4n) is 11.7. The third kappa shape index (κ3) is 6.09. The summed E-state index contributed by atoms with van der Waals surface area (Å²) in [5.41, 5.74) is 23.1. The van der Waals surface area contributed by atoms with E-state index in [0.717, 1.165) is 17.1 Å². The van der Waals surface area contributed by atoms with E-state index in [9.17, 15) is 0 Å². The Kier molecular flexibility index (Phi) is 9.05. The van der Waals surface area contributed by atoms with Crippen molar-refractivity contribution >= 4 is 48.6 Å². The summed E-state index contributed by atoms with van der Waals surface area (Å²) >= 11 is 1.89. The van der Waals surface area contributed by atoms with Crippen molar-refractivity contribution in [2.24, 2.45) is 0 Å².